The first-order valence-electron chi connectivity index (χ1n) is 6.34. The zero-order valence-electron chi connectivity index (χ0n) is 9.47. The maximum Gasteiger partial charge on any atom is 0.0194 e. The van der Waals surface area contributed by atoms with Crippen molar-refractivity contribution in [2.75, 3.05) is 26.2 Å². The van der Waals surface area contributed by atoms with Gasteiger partial charge in [-0.05, 0) is 44.7 Å². The summed E-state index contributed by atoms with van der Waals surface area (Å²) in [7, 11) is 0. The van der Waals surface area contributed by atoms with Crippen LogP contribution in [0.4, 0.5) is 0 Å². The lowest BCUT2D eigenvalue weighted by Gasteiger charge is -2.23. The van der Waals surface area contributed by atoms with Crippen LogP contribution in [0.15, 0.2) is 0 Å². The van der Waals surface area contributed by atoms with Gasteiger partial charge in [0.05, 0.1) is 0 Å². The van der Waals surface area contributed by atoms with Crippen LogP contribution < -0.4 is 5.32 Å². The van der Waals surface area contributed by atoms with Crippen molar-refractivity contribution in [1.29, 1.82) is 0 Å². The molecule has 1 atom stereocenters. The summed E-state index contributed by atoms with van der Waals surface area (Å²) in [6.45, 7) is 7.51. The smallest absolute Gasteiger partial charge is 0.0194 e. The molecule has 0 aromatic carbocycles. The quantitative estimate of drug-likeness (QED) is 0.738. The molecule has 2 fully saturated rings. The van der Waals surface area contributed by atoms with E-state index in [0.717, 1.165) is 12.0 Å². The van der Waals surface area contributed by atoms with Gasteiger partial charge in [-0.1, -0.05) is 13.3 Å². The summed E-state index contributed by atoms with van der Waals surface area (Å²) in [5, 5.41) is 3.66. The fourth-order valence-corrected chi connectivity index (χ4v) is 2.45. The lowest BCUT2D eigenvalue weighted by molar-refractivity contribution is 0.253. The van der Waals surface area contributed by atoms with Crippen molar-refractivity contribution in [2.45, 2.75) is 45.1 Å². The van der Waals surface area contributed by atoms with E-state index in [4.69, 9.17) is 0 Å². The second-order valence-corrected chi connectivity index (χ2v) is 5.00. The normalized spacial score (nSPS) is 30.2. The molecule has 1 aliphatic heterocycles. The summed E-state index contributed by atoms with van der Waals surface area (Å²) in [5.41, 5.74) is 0. The third-order valence-corrected chi connectivity index (χ3v) is 3.41. The Labute approximate surface area is 88.1 Å². The maximum absolute atomic E-state index is 3.66. The standard InChI is InChI=1S/C12H24N2/c1-2-4-12-10-14(8-3-7-13-12)9-11-5-6-11/h11-13H,2-10H2,1H3. The molecule has 1 unspecified atom stereocenters. The minimum Gasteiger partial charge on any atom is -0.313 e. The van der Waals surface area contributed by atoms with Crippen LogP contribution in [-0.2, 0) is 0 Å². The third kappa shape index (κ3) is 3.25. The summed E-state index contributed by atoms with van der Waals surface area (Å²) in [6, 6.07) is 0.765. The highest BCUT2D eigenvalue weighted by molar-refractivity contribution is 4.82. The Morgan fingerprint density at radius 1 is 1.36 bits per heavy atom. The van der Waals surface area contributed by atoms with Crippen LogP contribution in [0.25, 0.3) is 0 Å². The van der Waals surface area contributed by atoms with Gasteiger partial charge in [0.1, 0.15) is 0 Å². The number of nitrogens with zero attached hydrogens (tertiary/aromatic N) is 1. The Morgan fingerprint density at radius 3 is 2.93 bits per heavy atom. The van der Waals surface area contributed by atoms with Crippen LogP contribution in [0, 0.1) is 5.92 Å². The van der Waals surface area contributed by atoms with E-state index in [1.807, 2.05) is 0 Å². The Kier molecular flexibility index (Phi) is 3.82. The van der Waals surface area contributed by atoms with Gasteiger partial charge in [-0.25, -0.2) is 0 Å². The van der Waals surface area contributed by atoms with E-state index in [1.165, 1.54) is 58.3 Å². The van der Waals surface area contributed by atoms with Gasteiger partial charge in [0.15, 0.2) is 0 Å². The van der Waals surface area contributed by atoms with Crippen LogP contribution in [0.2, 0.25) is 0 Å². The maximum atomic E-state index is 3.66. The number of hydrogen-bond donors (Lipinski definition) is 1. The summed E-state index contributed by atoms with van der Waals surface area (Å²) in [5.74, 6) is 1.05. The highest BCUT2D eigenvalue weighted by atomic mass is 15.2. The van der Waals surface area contributed by atoms with Gasteiger partial charge in [0, 0.05) is 19.1 Å². The molecule has 2 heteroatoms. The summed E-state index contributed by atoms with van der Waals surface area (Å²) in [4.78, 5) is 2.69. The fourth-order valence-electron chi connectivity index (χ4n) is 2.45. The van der Waals surface area contributed by atoms with E-state index in [0.29, 0.717) is 0 Å². The lowest BCUT2D eigenvalue weighted by atomic mass is 10.1. The highest BCUT2D eigenvalue weighted by Crippen LogP contribution is 2.30. The van der Waals surface area contributed by atoms with Crippen molar-refractivity contribution in [1.82, 2.24) is 10.2 Å². The molecule has 2 aliphatic rings. The zero-order chi connectivity index (χ0) is 9.80. The first kappa shape index (κ1) is 10.4. The zero-order valence-corrected chi connectivity index (χ0v) is 9.47. The molecule has 0 bridgehead atoms. The lowest BCUT2D eigenvalue weighted by Crippen LogP contribution is -2.38. The molecule has 82 valence electrons. The van der Waals surface area contributed by atoms with Crippen molar-refractivity contribution in [3.05, 3.63) is 0 Å². The monoisotopic (exact) mass is 196 g/mol. The first-order valence-corrected chi connectivity index (χ1v) is 6.34. The highest BCUT2D eigenvalue weighted by Gasteiger charge is 2.26. The molecule has 1 aliphatic carbocycles. The Balaban J connectivity index is 1.76. The van der Waals surface area contributed by atoms with Crippen LogP contribution in [0.1, 0.15) is 39.0 Å². The Hall–Kier alpha value is -0.0800. The molecule has 14 heavy (non-hydrogen) atoms. The minimum atomic E-state index is 0.765. The van der Waals surface area contributed by atoms with E-state index >= 15 is 0 Å². The van der Waals surface area contributed by atoms with Crippen molar-refractivity contribution >= 4 is 0 Å². The predicted molar refractivity (Wildman–Crippen MR) is 60.5 cm³/mol. The van der Waals surface area contributed by atoms with E-state index in [1.54, 1.807) is 0 Å². The van der Waals surface area contributed by atoms with Gasteiger partial charge in [-0.3, -0.25) is 0 Å². The molecule has 1 saturated carbocycles. The third-order valence-electron chi connectivity index (χ3n) is 3.41. The van der Waals surface area contributed by atoms with Crippen LogP contribution in [0.5, 0.6) is 0 Å². The van der Waals surface area contributed by atoms with Gasteiger partial charge in [0.2, 0.25) is 0 Å². The van der Waals surface area contributed by atoms with Gasteiger partial charge >= 0.3 is 0 Å². The molecule has 0 spiro atoms. The molecular formula is C12H24N2. The fraction of sp³-hybridized carbons (Fsp3) is 1.00. The Morgan fingerprint density at radius 2 is 2.21 bits per heavy atom. The average molecular weight is 196 g/mol. The van der Waals surface area contributed by atoms with Crippen molar-refractivity contribution in [3.8, 4) is 0 Å². The molecule has 2 rings (SSSR count). The largest absolute Gasteiger partial charge is 0.313 e. The molecule has 0 amide bonds. The number of hydrogen-bond acceptors (Lipinski definition) is 2. The van der Waals surface area contributed by atoms with Crippen LogP contribution in [0.3, 0.4) is 0 Å². The molecule has 1 saturated heterocycles. The average Bonchev–Trinajstić information content (AvgIpc) is 2.96. The van der Waals surface area contributed by atoms with Crippen molar-refractivity contribution in [2.24, 2.45) is 5.92 Å². The van der Waals surface area contributed by atoms with Crippen LogP contribution >= 0.6 is 0 Å². The van der Waals surface area contributed by atoms with Crippen molar-refractivity contribution in [3.63, 3.8) is 0 Å². The number of nitrogens with one attached hydrogen (secondary N) is 1. The minimum absolute atomic E-state index is 0.765. The van der Waals surface area contributed by atoms with Crippen LogP contribution in [-0.4, -0.2) is 37.1 Å². The molecule has 2 nitrogen and oxygen atoms in total. The van der Waals surface area contributed by atoms with E-state index in [2.05, 4.69) is 17.1 Å². The van der Waals surface area contributed by atoms with E-state index in [9.17, 15) is 0 Å². The van der Waals surface area contributed by atoms with Gasteiger partial charge in [-0.2, -0.15) is 0 Å². The van der Waals surface area contributed by atoms with Gasteiger partial charge < -0.3 is 10.2 Å². The second-order valence-electron chi connectivity index (χ2n) is 5.00. The summed E-state index contributed by atoms with van der Waals surface area (Å²) in [6.07, 6.45) is 6.98. The SMILES string of the molecule is CCCC1CN(CC2CC2)CCCN1. The number of rotatable bonds is 4. The summed E-state index contributed by atoms with van der Waals surface area (Å²) >= 11 is 0. The molecule has 1 heterocycles. The Bertz CT molecular complexity index is 166. The first-order chi connectivity index (χ1) is 6.88. The van der Waals surface area contributed by atoms with Gasteiger partial charge in [0.25, 0.3) is 0 Å². The molecule has 0 aromatic rings. The molecule has 1 N–H and O–H groups in total. The predicted octanol–water partition coefficient (Wildman–Crippen LogP) is 1.86. The van der Waals surface area contributed by atoms with Crippen molar-refractivity contribution < 1.29 is 0 Å². The molecule has 0 aromatic heterocycles. The topological polar surface area (TPSA) is 15.3 Å². The van der Waals surface area contributed by atoms with Gasteiger partial charge in [-0.15, -0.1) is 0 Å². The molecular weight excluding hydrogens is 172 g/mol. The van der Waals surface area contributed by atoms with E-state index in [-0.39, 0.29) is 0 Å². The summed E-state index contributed by atoms with van der Waals surface area (Å²) < 4.78 is 0. The second kappa shape index (κ2) is 5.13. The molecule has 0 radical (unpaired) electrons. The van der Waals surface area contributed by atoms with E-state index < -0.39 is 0 Å².